The summed E-state index contributed by atoms with van der Waals surface area (Å²) in [5, 5.41) is 38.4. The molecular weight excluding hydrogens is 377 g/mol. The van der Waals surface area contributed by atoms with E-state index in [-0.39, 0.29) is 0 Å². The summed E-state index contributed by atoms with van der Waals surface area (Å²) in [4.78, 5) is 4.07. The molecule has 0 aromatic heterocycles. The van der Waals surface area contributed by atoms with E-state index in [1.165, 1.54) is 6.21 Å². The number of halogens is 1. The van der Waals surface area contributed by atoms with Gasteiger partial charge < -0.3 is 25.2 Å². The molecule has 20 heavy (non-hydrogen) atoms. The second-order valence-corrected chi connectivity index (χ2v) is 5.79. The van der Waals surface area contributed by atoms with Gasteiger partial charge in [0.1, 0.15) is 24.4 Å². The summed E-state index contributed by atoms with van der Waals surface area (Å²) in [6, 6.07) is 6.51. The molecule has 1 heterocycles. The summed E-state index contributed by atoms with van der Waals surface area (Å²) < 4.78 is 6.10. The molecule has 0 bridgehead atoms. The number of benzene rings is 1. The first-order valence-electron chi connectivity index (χ1n) is 6.12. The zero-order chi connectivity index (χ0) is 14.7. The smallest absolute Gasteiger partial charge is 0.180 e. The molecule has 1 saturated heterocycles. The Morgan fingerprint density at radius 3 is 2.40 bits per heavy atom. The summed E-state index contributed by atoms with van der Waals surface area (Å²) in [6.07, 6.45) is -3.46. The van der Waals surface area contributed by atoms with Crippen molar-refractivity contribution >= 4 is 28.8 Å². The van der Waals surface area contributed by atoms with Gasteiger partial charge in [0.05, 0.1) is 6.61 Å². The van der Waals surface area contributed by atoms with Crippen molar-refractivity contribution in [3.63, 3.8) is 0 Å². The van der Waals surface area contributed by atoms with Crippen LogP contribution in [-0.2, 0) is 4.74 Å². The molecule has 1 fully saturated rings. The fraction of sp³-hybridized carbons (Fsp3) is 0.462. The number of hydrogen-bond donors (Lipinski definition) is 4. The molecular formula is C13H16INO5. The molecule has 1 unspecified atom stereocenters. The van der Waals surface area contributed by atoms with Crippen LogP contribution in [0, 0.1) is 3.57 Å². The molecule has 1 aromatic carbocycles. The van der Waals surface area contributed by atoms with Gasteiger partial charge in [-0.3, -0.25) is 4.99 Å². The molecule has 7 heteroatoms. The number of hydrogen-bond acceptors (Lipinski definition) is 6. The molecule has 6 nitrogen and oxygen atoms in total. The predicted molar refractivity (Wildman–Crippen MR) is 80.5 cm³/mol. The van der Waals surface area contributed by atoms with Crippen molar-refractivity contribution in [2.24, 2.45) is 4.99 Å². The highest BCUT2D eigenvalue weighted by Gasteiger charge is 2.43. The van der Waals surface area contributed by atoms with Crippen molar-refractivity contribution in [2.45, 2.75) is 30.6 Å². The van der Waals surface area contributed by atoms with Gasteiger partial charge in [-0.05, 0) is 40.3 Å². The van der Waals surface area contributed by atoms with Crippen molar-refractivity contribution in [2.75, 3.05) is 6.61 Å². The molecule has 1 aromatic rings. The highest BCUT2D eigenvalue weighted by Crippen LogP contribution is 2.22. The van der Waals surface area contributed by atoms with Crippen LogP contribution in [0.4, 0.5) is 0 Å². The summed E-state index contributed by atoms with van der Waals surface area (Å²) in [5.74, 6) is 0. The van der Waals surface area contributed by atoms with Crippen molar-refractivity contribution < 1.29 is 25.2 Å². The zero-order valence-electron chi connectivity index (χ0n) is 10.5. The highest BCUT2D eigenvalue weighted by atomic mass is 127. The Morgan fingerprint density at radius 2 is 1.80 bits per heavy atom. The van der Waals surface area contributed by atoms with Gasteiger partial charge in [-0.25, -0.2) is 0 Å². The molecule has 0 amide bonds. The molecule has 1 aliphatic heterocycles. The molecule has 2 rings (SSSR count). The van der Waals surface area contributed by atoms with Crippen LogP contribution < -0.4 is 0 Å². The van der Waals surface area contributed by atoms with Crippen molar-refractivity contribution in [3.8, 4) is 0 Å². The Balaban J connectivity index is 2.09. The summed E-state index contributed by atoms with van der Waals surface area (Å²) in [7, 11) is 0. The first kappa shape index (κ1) is 15.8. The van der Waals surface area contributed by atoms with E-state index in [1.54, 1.807) is 0 Å². The van der Waals surface area contributed by atoms with Gasteiger partial charge in [-0.15, -0.1) is 0 Å². The first-order chi connectivity index (χ1) is 9.52. The van der Waals surface area contributed by atoms with Crippen molar-refractivity contribution in [3.05, 3.63) is 33.4 Å². The van der Waals surface area contributed by atoms with Gasteiger partial charge >= 0.3 is 0 Å². The van der Waals surface area contributed by atoms with Gasteiger partial charge in [0.25, 0.3) is 0 Å². The Morgan fingerprint density at radius 1 is 1.15 bits per heavy atom. The molecule has 5 atom stereocenters. The van der Waals surface area contributed by atoms with E-state index in [9.17, 15) is 15.3 Å². The zero-order valence-corrected chi connectivity index (χ0v) is 12.7. The van der Waals surface area contributed by atoms with E-state index < -0.39 is 37.3 Å². The number of nitrogens with zero attached hydrogens (tertiary/aromatic N) is 1. The fourth-order valence-corrected chi connectivity index (χ4v) is 2.32. The van der Waals surface area contributed by atoms with E-state index in [0.717, 1.165) is 9.13 Å². The average molecular weight is 393 g/mol. The van der Waals surface area contributed by atoms with Gasteiger partial charge in [0.15, 0.2) is 6.29 Å². The number of rotatable bonds is 3. The molecule has 4 N–H and O–H groups in total. The van der Waals surface area contributed by atoms with Gasteiger partial charge in [0, 0.05) is 9.78 Å². The lowest BCUT2D eigenvalue weighted by atomic mass is 9.97. The molecule has 110 valence electrons. The van der Waals surface area contributed by atoms with Crippen molar-refractivity contribution in [1.82, 2.24) is 0 Å². The van der Waals surface area contributed by atoms with Gasteiger partial charge in [-0.1, -0.05) is 12.1 Å². The number of ether oxygens (including phenoxy) is 1. The third-order valence-corrected chi connectivity index (χ3v) is 3.85. The monoisotopic (exact) mass is 393 g/mol. The Labute approximate surface area is 129 Å². The summed E-state index contributed by atoms with van der Waals surface area (Å²) >= 11 is 2.18. The van der Waals surface area contributed by atoms with Crippen LogP contribution in [-0.4, -0.2) is 63.9 Å². The molecule has 0 spiro atoms. The SMILES string of the molecule is OC[C@H]1OC(O)[C@H](N=Cc2ccc(I)cc2)[C@@H](O)[C@@H]1O. The standard InChI is InChI=1S/C13H16INO5/c14-8-3-1-7(2-4-8)5-15-10-12(18)11(17)9(6-16)20-13(10)19/h1-5,9-13,16-19H,6H2/t9-,10-,11-,12-,13?/m1/s1. The summed E-state index contributed by atoms with van der Waals surface area (Å²) in [6.45, 7) is -0.483. The Hall–Kier alpha value is -0.580. The fourth-order valence-electron chi connectivity index (χ4n) is 1.96. The van der Waals surface area contributed by atoms with Crippen molar-refractivity contribution in [1.29, 1.82) is 0 Å². The van der Waals surface area contributed by atoms with E-state index in [2.05, 4.69) is 27.6 Å². The maximum absolute atomic E-state index is 9.92. The van der Waals surface area contributed by atoms with Crippen LogP contribution in [0.3, 0.4) is 0 Å². The largest absolute Gasteiger partial charge is 0.394 e. The molecule has 0 saturated carbocycles. The predicted octanol–water partition coefficient (Wildman–Crippen LogP) is -0.490. The average Bonchev–Trinajstić information content (AvgIpc) is 2.44. The third-order valence-electron chi connectivity index (χ3n) is 3.13. The maximum Gasteiger partial charge on any atom is 0.180 e. The van der Waals surface area contributed by atoms with E-state index in [1.807, 2.05) is 24.3 Å². The van der Waals surface area contributed by atoms with E-state index >= 15 is 0 Å². The molecule has 0 radical (unpaired) electrons. The summed E-state index contributed by atoms with van der Waals surface area (Å²) in [5.41, 5.74) is 0.809. The first-order valence-corrected chi connectivity index (χ1v) is 7.20. The second kappa shape index (κ2) is 6.92. The van der Waals surface area contributed by atoms with Gasteiger partial charge in [0.2, 0.25) is 0 Å². The van der Waals surface area contributed by atoms with E-state index in [0.29, 0.717) is 0 Å². The molecule has 1 aliphatic rings. The lowest BCUT2D eigenvalue weighted by molar-refractivity contribution is -0.248. The highest BCUT2D eigenvalue weighted by molar-refractivity contribution is 14.1. The number of aliphatic hydroxyl groups excluding tert-OH is 4. The lowest BCUT2D eigenvalue weighted by Gasteiger charge is -2.38. The third kappa shape index (κ3) is 3.54. The molecule has 0 aliphatic carbocycles. The number of aliphatic imine (C=N–C) groups is 1. The number of aliphatic hydroxyl groups is 4. The normalized spacial score (nSPS) is 34.5. The minimum atomic E-state index is -1.37. The van der Waals surface area contributed by atoms with Crippen LogP contribution in [0.1, 0.15) is 5.56 Å². The lowest BCUT2D eigenvalue weighted by Crippen LogP contribution is -2.57. The minimum absolute atomic E-state index is 0.483. The topological polar surface area (TPSA) is 103 Å². The van der Waals surface area contributed by atoms with E-state index in [4.69, 9.17) is 9.84 Å². The van der Waals surface area contributed by atoms with Crippen LogP contribution in [0.15, 0.2) is 29.3 Å². The second-order valence-electron chi connectivity index (χ2n) is 4.55. The maximum atomic E-state index is 9.92. The Kier molecular flexibility index (Phi) is 5.47. The minimum Gasteiger partial charge on any atom is -0.394 e. The quantitative estimate of drug-likeness (QED) is 0.410. The van der Waals surface area contributed by atoms with Crippen LogP contribution in [0.2, 0.25) is 0 Å². The van der Waals surface area contributed by atoms with Crippen LogP contribution in [0.25, 0.3) is 0 Å². The Bertz CT molecular complexity index is 466. The van der Waals surface area contributed by atoms with Crippen LogP contribution in [0.5, 0.6) is 0 Å². The van der Waals surface area contributed by atoms with Crippen LogP contribution >= 0.6 is 22.6 Å². The van der Waals surface area contributed by atoms with Gasteiger partial charge in [-0.2, -0.15) is 0 Å².